The smallest absolute Gasteiger partial charge is 0.138 e. The number of hydrogen-bond donors (Lipinski definition) is 0. The van der Waals surface area contributed by atoms with Crippen LogP contribution < -0.4 is 4.90 Å². The second-order valence-corrected chi connectivity index (χ2v) is 13.2. The molecule has 244 valence electrons. The standard InChI is InChI=1S/C49H32N2O/c1-2-8-33(9-3-1)34-14-21-39(22-15-34)51(40-23-16-35(17-24-40)37-20-27-45-47-32-50-29-28-48(47)52-49(45)31-37)41-25-18-36(19-26-41)46-30-38-10-4-5-11-42(38)43-12-6-7-13-44(43)46/h1-32H. The first-order chi connectivity index (χ1) is 25.8. The summed E-state index contributed by atoms with van der Waals surface area (Å²) in [6.07, 6.45) is 3.64. The van der Waals surface area contributed by atoms with Crippen LogP contribution in [-0.4, -0.2) is 4.98 Å². The molecule has 0 bridgehead atoms. The molecule has 0 aliphatic rings. The first-order valence-corrected chi connectivity index (χ1v) is 17.6. The Kier molecular flexibility index (Phi) is 7.14. The van der Waals surface area contributed by atoms with Gasteiger partial charge in [0.05, 0.1) is 0 Å². The van der Waals surface area contributed by atoms with Crippen LogP contribution >= 0.6 is 0 Å². The molecule has 3 nitrogen and oxygen atoms in total. The van der Waals surface area contributed by atoms with Gasteiger partial charge in [-0.2, -0.15) is 0 Å². The normalized spacial score (nSPS) is 11.5. The third kappa shape index (κ3) is 5.19. The largest absolute Gasteiger partial charge is 0.456 e. The van der Waals surface area contributed by atoms with E-state index in [1.54, 1.807) is 6.20 Å². The first kappa shape index (κ1) is 29.9. The number of anilines is 3. The molecule has 0 saturated heterocycles. The minimum atomic E-state index is 0.853. The van der Waals surface area contributed by atoms with Crippen molar-refractivity contribution in [2.75, 3.05) is 4.90 Å². The van der Waals surface area contributed by atoms with Crippen LogP contribution in [0.4, 0.5) is 17.1 Å². The topological polar surface area (TPSA) is 29.3 Å². The van der Waals surface area contributed by atoms with Gasteiger partial charge >= 0.3 is 0 Å². The van der Waals surface area contributed by atoms with Crippen molar-refractivity contribution in [3.8, 4) is 33.4 Å². The molecular formula is C49H32N2O. The molecule has 3 heteroatoms. The lowest BCUT2D eigenvalue weighted by Crippen LogP contribution is -2.09. The molecule has 0 aliphatic heterocycles. The number of furan rings is 1. The van der Waals surface area contributed by atoms with Crippen molar-refractivity contribution in [3.63, 3.8) is 0 Å². The lowest BCUT2D eigenvalue weighted by atomic mass is 9.93. The van der Waals surface area contributed by atoms with Gasteiger partial charge in [-0.15, -0.1) is 0 Å². The maximum absolute atomic E-state index is 6.17. The zero-order valence-electron chi connectivity index (χ0n) is 28.3. The van der Waals surface area contributed by atoms with Crippen molar-refractivity contribution in [2.24, 2.45) is 0 Å². The average molecular weight is 665 g/mol. The molecule has 0 spiro atoms. The molecule has 0 atom stereocenters. The van der Waals surface area contributed by atoms with Gasteiger partial charge in [0.25, 0.3) is 0 Å². The molecule has 0 aliphatic carbocycles. The molecule has 0 fully saturated rings. The summed E-state index contributed by atoms with van der Waals surface area (Å²) >= 11 is 0. The van der Waals surface area contributed by atoms with E-state index in [2.05, 4.69) is 186 Å². The van der Waals surface area contributed by atoms with Crippen LogP contribution in [0.5, 0.6) is 0 Å². The number of aromatic nitrogens is 1. The highest BCUT2D eigenvalue weighted by Crippen LogP contribution is 2.40. The van der Waals surface area contributed by atoms with Crippen molar-refractivity contribution in [2.45, 2.75) is 0 Å². The Balaban J connectivity index is 1.05. The molecule has 2 aromatic heterocycles. The number of nitrogens with zero attached hydrogens (tertiary/aromatic N) is 2. The lowest BCUT2D eigenvalue weighted by molar-refractivity contribution is 0.668. The molecule has 10 rings (SSSR count). The number of hydrogen-bond acceptors (Lipinski definition) is 3. The Morgan fingerprint density at radius 1 is 0.365 bits per heavy atom. The highest BCUT2D eigenvalue weighted by Gasteiger charge is 2.16. The Hall–Kier alpha value is -6.97. The van der Waals surface area contributed by atoms with E-state index in [1.807, 2.05) is 12.3 Å². The summed E-state index contributed by atoms with van der Waals surface area (Å²) in [6, 6.07) is 65.2. The number of fused-ring (bicyclic) bond motifs is 6. The first-order valence-electron chi connectivity index (χ1n) is 17.6. The summed E-state index contributed by atoms with van der Waals surface area (Å²) in [5, 5.41) is 7.17. The number of pyridine rings is 1. The number of benzene rings is 8. The van der Waals surface area contributed by atoms with Crippen molar-refractivity contribution in [1.29, 1.82) is 0 Å². The monoisotopic (exact) mass is 664 g/mol. The fraction of sp³-hybridized carbons (Fsp3) is 0. The molecule has 0 radical (unpaired) electrons. The zero-order valence-corrected chi connectivity index (χ0v) is 28.3. The van der Waals surface area contributed by atoms with Crippen LogP contribution in [0, 0.1) is 0 Å². The molecule has 0 unspecified atom stereocenters. The van der Waals surface area contributed by atoms with Gasteiger partial charge in [-0.05, 0) is 116 Å². The predicted molar refractivity (Wildman–Crippen MR) is 218 cm³/mol. The molecule has 0 amide bonds. The van der Waals surface area contributed by atoms with E-state index in [0.29, 0.717) is 0 Å². The Labute approximate surface area is 301 Å². The van der Waals surface area contributed by atoms with Gasteiger partial charge < -0.3 is 9.32 Å². The fourth-order valence-electron chi connectivity index (χ4n) is 7.57. The van der Waals surface area contributed by atoms with E-state index in [9.17, 15) is 0 Å². The summed E-state index contributed by atoms with van der Waals surface area (Å²) < 4.78 is 6.17. The average Bonchev–Trinajstić information content (AvgIpc) is 3.60. The summed E-state index contributed by atoms with van der Waals surface area (Å²) in [7, 11) is 0. The molecule has 2 heterocycles. The van der Waals surface area contributed by atoms with Gasteiger partial charge in [-0.3, -0.25) is 4.98 Å². The summed E-state index contributed by atoms with van der Waals surface area (Å²) in [5.74, 6) is 0. The second kappa shape index (κ2) is 12.4. The predicted octanol–water partition coefficient (Wildman–Crippen LogP) is 13.8. The minimum Gasteiger partial charge on any atom is -0.456 e. The van der Waals surface area contributed by atoms with Crippen LogP contribution in [-0.2, 0) is 0 Å². The quantitative estimate of drug-likeness (QED) is 0.166. The molecular weight excluding hydrogens is 633 g/mol. The van der Waals surface area contributed by atoms with Crippen LogP contribution in [0.3, 0.4) is 0 Å². The van der Waals surface area contributed by atoms with Crippen molar-refractivity contribution >= 4 is 60.5 Å². The van der Waals surface area contributed by atoms with Gasteiger partial charge in [-0.25, -0.2) is 0 Å². The van der Waals surface area contributed by atoms with Crippen LogP contribution in [0.15, 0.2) is 199 Å². The Morgan fingerprint density at radius 3 is 1.63 bits per heavy atom. The van der Waals surface area contributed by atoms with E-state index in [1.165, 1.54) is 43.8 Å². The van der Waals surface area contributed by atoms with Crippen molar-refractivity contribution < 1.29 is 4.42 Å². The molecule has 0 N–H and O–H groups in total. The Morgan fingerprint density at radius 2 is 0.923 bits per heavy atom. The highest BCUT2D eigenvalue weighted by molar-refractivity contribution is 6.13. The third-order valence-corrected chi connectivity index (χ3v) is 10.2. The maximum Gasteiger partial charge on any atom is 0.138 e. The van der Waals surface area contributed by atoms with E-state index in [0.717, 1.165) is 50.1 Å². The van der Waals surface area contributed by atoms with Gasteiger partial charge in [0.1, 0.15) is 11.2 Å². The van der Waals surface area contributed by atoms with E-state index in [4.69, 9.17) is 4.42 Å². The molecule has 0 saturated carbocycles. The third-order valence-electron chi connectivity index (χ3n) is 10.2. The van der Waals surface area contributed by atoms with Gasteiger partial charge in [0.2, 0.25) is 0 Å². The molecule has 8 aromatic carbocycles. The van der Waals surface area contributed by atoms with Crippen molar-refractivity contribution in [1.82, 2.24) is 4.98 Å². The van der Waals surface area contributed by atoms with Gasteiger partial charge in [-0.1, -0.05) is 121 Å². The van der Waals surface area contributed by atoms with Gasteiger partial charge in [0.15, 0.2) is 0 Å². The molecule has 10 aromatic rings. The number of rotatable bonds is 6. The van der Waals surface area contributed by atoms with E-state index in [-0.39, 0.29) is 0 Å². The SMILES string of the molecule is c1ccc(-c2ccc(N(c3ccc(-c4ccc5c(c4)oc4ccncc45)cc3)c3ccc(-c4cc5ccccc5c5ccccc45)cc3)cc2)cc1. The van der Waals surface area contributed by atoms with Crippen molar-refractivity contribution in [3.05, 3.63) is 194 Å². The van der Waals surface area contributed by atoms with Crippen LogP contribution in [0.1, 0.15) is 0 Å². The van der Waals surface area contributed by atoms with E-state index < -0.39 is 0 Å². The molecule has 52 heavy (non-hydrogen) atoms. The minimum absolute atomic E-state index is 0.853. The zero-order chi connectivity index (χ0) is 34.4. The Bertz CT molecular complexity index is 2870. The van der Waals surface area contributed by atoms with Crippen LogP contribution in [0.25, 0.3) is 76.9 Å². The summed E-state index contributed by atoms with van der Waals surface area (Å²) in [5.41, 5.74) is 12.0. The van der Waals surface area contributed by atoms with E-state index >= 15 is 0 Å². The second-order valence-electron chi connectivity index (χ2n) is 13.2. The highest BCUT2D eigenvalue weighted by atomic mass is 16.3. The van der Waals surface area contributed by atoms with Gasteiger partial charge in [0, 0.05) is 40.2 Å². The van der Waals surface area contributed by atoms with Crippen LogP contribution in [0.2, 0.25) is 0 Å². The lowest BCUT2D eigenvalue weighted by Gasteiger charge is -2.26. The summed E-state index contributed by atoms with van der Waals surface area (Å²) in [6.45, 7) is 0. The maximum atomic E-state index is 6.17. The summed E-state index contributed by atoms with van der Waals surface area (Å²) in [4.78, 5) is 6.62. The fourth-order valence-corrected chi connectivity index (χ4v) is 7.57.